The lowest BCUT2D eigenvalue weighted by atomic mass is 10.1. The normalized spacial score (nSPS) is 23.8. The third-order valence-corrected chi connectivity index (χ3v) is 5.01. The molecule has 0 spiro atoms. The van der Waals surface area contributed by atoms with Gasteiger partial charge in [0.2, 0.25) is 5.95 Å². The van der Waals surface area contributed by atoms with Crippen LogP contribution in [0.2, 0.25) is 0 Å². The Hall–Kier alpha value is -3.35. The number of hydrogen-bond acceptors (Lipinski definition) is 8. The molecule has 11 nitrogen and oxygen atoms in total. The van der Waals surface area contributed by atoms with Gasteiger partial charge in [-0.1, -0.05) is 24.3 Å². The Morgan fingerprint density at radius 1 is 1.30 bits per heavy atom. The van der Waals surface area contributed by atoms with Gasteiger partial charge in [0.1, 0.15) is 18.5 Å². The number of aldehydes is 1. The van der Waals surface area contributed by atoms with Gasteiger partial charge in [-0.15, -0.1) is 0 Å². The van der Waals surface area contributed by atoms with Crippen molar-refractivity contribution in [2.75, 3.05) is 12.3 Å². The first-order valence-corrected chi connectivity index (χ1v) is 8.98. The molecule has 1 aliphatic rings. The van der Waals surface area contributed by atoms with Crippen molar-refractivity contribution in [2.24, 2.45) is 0 Å². The van der Waals surface area contributed by atoms with E-state index in [9.17, 15) is 29.0 Å². The highest BCUT2D eigenvalue weighted by Crippen LogP contribution is 2.32. The fourth-order valence-corrected chi connectivity index (χ4v) is 3.53. The van der Waals surface area contributed by atoms with E-state index in [-0.39, 0.29) is 23.7 Å². The third kappa shape index (κ3) is 3.10. The average Bonchev–Trinajstić information content (AvgIpc) is 3.16. The molecule has 1 fully saturated rings. The molecule has 5 N–H and O–H groups in total. The molecule has 12 heteroatoms. The fourth-order valence-electron chi connectivity index (χ4n) is 3.53. The second-order valence-electron chi connectivity index (χ2n) is 6.90. The number of nitrogens with one attached hydrogen (secondary N) is 1. The van der Waals surface area contributed by atoms with Crippen LogP contribution in [0.3, 0.4) is 0 Å². The summed E-state index contributed by atoms with van der Waals surface area (Å²) in [7, 11) is 0. The Balaban J connectivity index is 1.89. The minimum absolute atomic E-state index is 0.0680. The molecule has 4 rings (SSSR count). The third-order valence-electron chi connectivity index (χ3n) is 5.01. The predicted octanol–water partition coefficient (Wildman–Crippen LogP) is -1.08. The van der Waals surface area contributed by atoms with Crippen LogP contribution >= 0.6 is 0 Å². The number of carbonyl (C=O) groups is 1. The summed E-state index contributed by atoms with van der Waals surface area (Å²) in [6, 6.07) is 6.32. The van der Waals surface area contributed by atoms with E-state index in [0.717, 1.165) is 9.13 Å². The van der Waals surface area contributed by atoms with Gasteiger partial charge in [-0.25, -0.2) is 13.8 Å². The van der Waals surface area contributed by atoms with E-state index in [1.54, 1.807) is 24.3 Å². The topological polar surface area (TPSA) is 165 Å². The second kappa shape index (κ2) is 7.48. The molecule has 1 aromatic carbocycles. The quantitative estimate of drug-likeness (QED) is 0.379. The Morgan fingerprint density at radius 2 is 2.00 bits per heavy atom. The van der Waals surface area contributed by atoms with E-state index >= 15 is 0 Å². The molecular formula is C18H18FN5O6. The smallest absolute Gasteiger partial charge is 0.333 e. The number of aromatic amines is 1. The summed E-state index contributed by atoms with van der Waals surface area (Å²) in [5.74, 6) is -0.281. The van der Waals surface area contributed by atoms with Crippen molar-refractivity contribution >= 4 is 23.4 Å². The number of halogens is 1. The number of H-pyrrole nitrogens is 1. The van der Waals surface area contributed by atoms with Gasteiger partial charge in [-0.05, 0) is 5.56 Å². The van der Waals surface area contributed by atoms with Gasteiger partial charge >= 0.3 is 5.69 Å². The summed E-state index contributed by atoms with van der Waals surface area (Å²) in [6.45, 7) is -0.775. The number of ether oxygens (including phenoxy) is 1. The van der Waals surface area contributed by atoms with Crippen LogP contribution in [0.4, 0.5) is 10.3 Å². The number of imidazole rings is 1. The largest absolute Gasteiger partial charge is 0.394 e. The van der Waals surface area contributed by atoms with Crippen LogP contribution in [0.5, 0.6) is 0 Å². The number of aromatic nitrogens is 4. The van der Waals surface area contributed by atoms with Crippen molar-refractivity contribution in [3.05, 3.63) is 56.2 Å². The zero-order chi connectivity index (χ0) is 21.6. The number of benzene rings is 1. The number of carbonyl (C=O) groups excluding carboxylic acids is 1. The number of fused-ring (bicyclic) bond motifs is 1. The van der Waals surface area contributed by atoms with E-state index < -0.39 is 42.5 Å². The van der Waals surface area contributed by atoms with Crippen LogP contribution in [0, 0.1) is 0 Å². The maximum Gasteiger partial charge on any atom is 0.333 e. The molecular weight excluding hydrogens is 401 g/mol. The maximum atomic E-state index is 14.2. The molecule has 1 saturated heterocycles. The summed E-state index contributed by atoms with van der Waals surface area (Å²) in [4.78, 5) is 42.8. The molecule has 1 aliphatic heterocycles. The standard InChI is InChI=1S/C18H18FN5O6/c19-11-10(7-26)30-16(13(11)27)24-14-12(15(28)22-17(20)21-14)23(18(24)29)5-8-1-3-9(6-25)4-2-8/h1-4,6,10-11,13,16,26-27H,5,7H2,(H3,20,21,22,28)/t10-,11-,13-,16-/m1/s1. The molecule has 0 radical (unpaired) electrons. The summed E-state index contributed by atoms with van der Waals surface area (Å²) in [5.41, 5.74) is 4.81. The Morgan fingerprint density at radius 3 is 2.60 bits per heavy atom. The SMILES string of the molecule is Nc1nc2c(c(=O)[nH]1)n(Cc1ccc(C=O)cc1)c(=O)n2[C@@H]1O[C@H](CO)[C@@H](F)[C@H]1O. The maximum absolute atomic E-state index is 14.2. The first-order chi connectivity index (χ1) is 14.3. The van der Waals surface area contributed by atoms with Gasteiger partial charge in [0.15, 0.2) is 23.6 Å². The van der Waals surface area contributed by atoms with Gasteiger partial charge in [0.05, 0.1) is 13.2 Å². The molecule has 3 aromatic rings. The predicted molar refractivity (Wildman–Crippen MR) is 102 cm³/mol. The van der Waals surface area contributed by atoms with E-state index in [0.29, 0.717) is 17.4 Å². The van der Waals surface area contributed by atoms with Crippen LogP contribution in [-0.2, 0) is 11.3 Å². The summed E-state index contributed by atoms with van der Waals surface area (Å²) in [6.07, 6.45) is -5.90. The molecule has 0 saturated carbocycles. The van der Waals surface area contributed by atoms with Crippen molar-refractivity contribution in [1.29, 1.82) is 0 Å². The first-order valence-electron chi connectivity index (χ1n) is 8.98. The highest BCUT2D eigenvalue weighted by atomic mass is 19.1. The van der Waals surface area contributed by atoms with Crippen molar-refractivity contribution in [2.45, 2.75) is 31.2 Å². The minimum atomic E-state index is -1.94. The minimum Gasteiger partial charge on any atom is -0.394 e. The molecule has 0 bridgehead atoms. The van der Waals surface area contributed by atoms with Crippen LogP contribution in [-0.4, -0.2) is 60.6 Å². The van der Waals surface area contributed by atoms with Crippen molar-refractivity contribution in [1.82, 2.24) is 19.1 Å². The van der Waals surface area contributed by atoms with Crippen molar-refractivity contribution in [3.8, 4) is 0 Å². The van der Waals surface area contributed by atoms with Crippen LogP contribution in [0.25, 0.3) is 11.2 Å². The number of alkyl halides is 1. The monoisotopic (exact) mass is 419 g/mol. The molecule has 2 aromatic heterocycles. The highest BCUT2D eigenvalue weighted by molar-refractivity contribution is 5.75. The summed E-state index contributed by atoms with van der Waals surface area (Å²) < 4.78 is 21.5. The van der Waals surface area contributed by atoms with E-state index in [4.69, 9.17) is 10.5 Å². The summed E-state index contributed by atoms with van der Waals surface area (Å²) in [5, 5.41) is 19.5. The van der Waals surface area contributed by atoms with Gasteiger partial charge in [-0.3, -0.25) is 19.1 Å². The molecule has 158 valence electrons. The van der Waals surface area contributed by atoms with Crippen LogP contribution in [0.15, 0.2) is 33.9 Å². The lowest BCUT2D eigenvalue weighted by Gasteiger charge is -2.15. The molecule has 0 aliphatic carbocycles. The lowest BCUT2D eigenvalue weighted by molar-refractivity contribution is -0.0513. The van der Waals surface area contributed by atoms with E-state index in [1.807, 2.05) is 0 Å². The number of nitrogens with two attached hydrogens (primary N) is 1. The molecule has 0 amide bonds. The van der Waals surface area contributed by atoms with Gasteiger partial charge in [-0.2, -0.15) is 4.98 Å². The number of nitrogens with zero attached hydrogens (tertiary/aromatic N) is 3. The number of aliphatic hydroxyl groups is 2. The van der Waals surface area contributed by atoms with E-state index in [1.165, 1.54) is 0 Å². The zero-order valence-corrected chi connectivity index (χ0v) is 15.4. The molecule has 0 unspecified atom stereocenters. The Labute approximate surface area is 167 Å². The Kier molecular flexibility index (Phi) is 4.97. The highest BCUT2D eigenvalue weighted by Gasteiger charge is 2.46. The van der Waals surface area contributed by atoms with Gasteiger partial charge in [0.25, 0.3) is 5.56 Å². The average molecular weight is 419 g/mol. The zero-order valence-electron chi connectivity index (χ0n) is 15.4. The van der Waals surface area contributed by atoms with Crippen molar-refractivity contribution < 1.29 is 24.1 Å². The number of hydrogen-bond donors (Lipinski definition) is 4. The molecule has 30 heavy (non-hydrogen) atoms. The lowest BCUT2D eigenvalue weighted by Crippen LogP contribution is -2.34. The van der Waals surface area contributed by atoms with Crippen LogP contribution < -0.4 is 17.0 Å². The number of aliphatic hydroxyl groups excluding tert-OH is 2. The fraction of sp³-hybridized carbons (Fsp3) is 0.333. The Bertz CT molecular complexity index is 1220. The van der Waals surface area contributed by atoms with Gasteiger partial charge < -0.3 is 20.7 Å². The molecule has 3 heterocycles. The first kappa shape index (κ1) is 19.9. The van der Waals surface area contributed by atoms with E-state index in [2.05, 4.69) is 9.97 Å². The number of nitrogen functional groups attached to an aromatic ring is 1. The van der Waals surface area contributed by atoms with Gasteiger partial charge in [0, 0.05) is 5.56 Å². The summed E-state index contributed by atoms with van der Waals surface area (Å²) >= 11 is 0. The number of rotatable bonds is 5. The second-order valence-corrected chi connectivity index (χ2v) is 6.90. The molecule has 4 atom stereocenters. The van der Waals surface area contributed by atoms with Crippen LogP contribution in [0.1, 0.15) is 22.1 Å². The number of anilines is 1. The van der Waals surface area contributed by atoms with Crippen molar-refractivity contribution in [3.63, 3.8) is 0 Å².